The molecule has 0 radical (unpaired) electrons. The number of carbonyl (C=O) groups is 2. The van der Waals surface area contributed by atoms with Crippen molar-refractivity contribution in [3.63, 3.8) is 0 Å². The number of piperidine rings is 1. The highest BCUT2D eigenvalue weighted by molar-refractivity contribution is 5.97. The van der Waals surface area contributed by atoms with Crippen LogP contribution in [-0.4, -0.2) is 37.5 Å². The average Bonchev–Trinajstić information content (AvgIpc) is 2.97. The lowest BCUT2D eigenvalue weighted by molar-refractivity contribution is -0.919. The lowest BCUT2D eigenvalue weighted by Crippen LogP contribution is -3.17. The van der Waals surface area contributed by atoms with Crippen LogP contribution in [0.1, 0.15) is 25.3 Å². The van der Waals surface area contributed by atoms with Crippen LogP contribution in [0.4, 0.5) is 5.69 Å². The molecule has 2 heterocycles. The number of rotatable bonds is 3. The van der Waals surface area contributed by atoms with Gasteiger partial charge in [0.15, 0.2) is 6.04 Å². The van der Waals surface area contributed by atoms with Crippen molar-refractivity contribution >= 4 is 17.5 Å². The second-order valence-corrected chi connectivity index (χ2v) is 6.43. The number of carbonyl (C=O) groups excluding carboxylic acids is 2. The highest BCUT2D eigenvalue weighted by Gasteiger charge is 2.36. The first kappa shape index (κ1) is 15.0. The van der Waals surface area contributed by atoms with E-state index in [4.69, 9.17) is 5.73 Å². The molecule has 1 aromatic rings. The molecule has 1 fully saturated rings. The number of para-hydroxylation sites is 1. The predicted octanol–water partition coefficient (Wildman–Crippen LogP) is -0.256. The summed E-state index contributed by atoms with van der Waals surface area (Å²) in [6.07, 6.45) is 2.52. The van der Waals surface area contributed by atoms with Gasteiger partial charge in [-0.3, -0.25) is 9.59 Å². The monoisotopic (exact) mass is 302 g/mol. The number of primary amides is 1. The van der Waals surface area contributed by atoms with Crippen LogP contribution >= 0.6 is 0 Å². The van der Waals surface area contributed by atoms with E-state index in [1.165, 1.54) is 10.5 Å². The molecular weight excluding hydrogens is 278 g/mol. The van der Waals surface area contributed by atoms with E-state index in [2.05, 4.69) is 6.07 Å². The number of hydrogen-bond donors (Lipinski definition) is 2. The molecule has 1 atom stereocenters. The highest BCUT2D eigenvalue weighted by atomic mass is 16.2. The molecule has 3 rings (SSSR count). The number of likely N-dealkylation sites (tertiary alicyclic amines) is 1. The van der Waals surface area contributed by atoms with Gasteiger partial charge >= 0.3 is 0 Å². The van der Waals surface area contributed by atoms with E-state index >= 15 is 0 Å². The van der Waals surface area contributed by atoms with E-state index in [0.29, 0.717) is 0 Å². The molecule has 5 heteroatoms. The van der Waals surface area contributed by atoms with Crippen LogP contribution in [-0.2, 0) is 16.0 Å². The van der Waals surface area contributed by atoms with Crippen molar-refractivity contribution in [3.8, 4) is 0 Å². The van der Waals surface area contributed by atoms with Gasteiger partial charge in [0.2, 0.25) is 5.91 Å². The fourth-order valence-electron chi connectivity index (χ4n) is 3.68. The molecule has 2 amide bonds. The Labute approximate surface area is 131 Å². The molecule has 1 aromatic carbocycles. The Kier molecular flexibility index (Phi) is 4.16. The van der Waals surface area contributed by atoms with E-state index in [9.17, 15) is 9.59 Å². The molecule has 0 aliphatic carbocycles. The number of nitrogens with zero attached hydrogens (tertiary/aromatic N) is 1. The smallest absolute Gasteiger partial charge is 0.284 e. The number of benzene rings is 1. The summed E-state index contributed by atoms with van der Waals surface area (Å²) in [4.78, 5) is 27.3. The van der Waals surface area contributed by atoms with E-state index in [1.54, 1.807) is 0 Å². The second kappa shape index (κ2) is 6.08. The minimum Gasteiger partial charge on any atom is -0.369 e. The van der Waals surface area contributed by atoms with Gasteiger partial charge in [-0.2, -0.15) is 0 Å². The summed E-state index contributed by atoms with van der Waals surface area (Å²) >= 11 is 0. The van der Waals surface area contributed by atoms with Gasteiger partial charge in [0, 0.05) is 31.0 Å². The summed E-state index contributed by atoms with van der Waals surface area (Å²) < 4.78 is 0. The third-order valence-electron chi connectivity index (χ3n) is 5.17. The van der Waals surface area contributed by atoms with Crippen molar-refractivity contribution in [2.45, 2.75) is 32.2 Å². The Balaban J connectivity index is 1.65. The first-order chi connectivity index (χ1) is 10.6. The van der Waals surface area contributed by atoms with E-state index in [0.717, 1.165) is 44.6 Å². The first-order valence-corrected chi connectivity index (χ1v) is 8.11. The van der Waals surface area contributed by atoms with Gasteiger partial charge in [0.1, 0.15) is 0 Å². The maximum absolute atomic E-state index is 12.8. The van der Waals surface area contributed by atoms with Gasteiger partial charge in [-0.15, -0.1) is 0 Å². The van der Waals surface area contributed by atoms with Crippen LogP contribution in [0, 0.1) is 5.92 Å². The number of fused-ring (bicyclic) bond motifs is 1. The minimum absolute atomic E-state index is 0.0152. The largest absolute Gasteiger partial charge is 0.369 e. The third-order valence-corrected chi connectivity index (χ3v) is 5.17. The SMILES string of the molecule is C[C@@H](C(=O)N1CCc2ccccc21)[NH+]1CCC(C(N)=O)CC1. The molecule has 0 saturated carbocycles. The van der Waals surface area contributed by atoms with Gasteiger partial charge in [-0.25, -0.2) is 0 Å². The molecule has 0 bridgehead atoms. The molecule has 0 aromatic heterocycles. The summed E-state index contributed by atoms with van der Waals surface area (Å²) in [5, 5.41) is 0. The molecule has 0 spiro atoms. The Morgan fingerprint density at radius 2 is 1.95 bits per heavy atom. The molecule has 0 unspecified atom stereocenters. The van der Waals surface area contributed by atoms with Gasteiger partial charge < -0.3 is 15.5 Å². The standard InChI is InChI=1S/C17H23N3O2/c1-12(19-9-6-14(7-10-19)16(18)21)17(22)20-11-8-13-4-2-3-5-15(13)20/h2-5,12,14H,6-11H2,1H3,(H2,18,21)/p+1/t12-/m0/s1. The molecule has 1 saturated heterocycles. The molecule has 5 nitrogen and oxygen atoms in total. The van der Waals surface area contributed by atoms with Crippen LogP contribution < -0.4 is 15.5 Å². The number of hydrogen-bond acceptors (Lipinski definition) is 2. The summed E-state index contributed by atoms with van der Waals surface area (Å²) in [6.45, 7) is 4.47. The normalized spacial score (nSPS) is 25.6. The number of nitrogens with one attached hydrogen (secondary N) is 1. The number of quaternary nitrogens is 1. The number of amides is 2. The Hall–Kier alpha value is -1.88. The van der Waals surface area contributed by atoms with Crippen molar-refractivity contribution in [2.75, 3.05) is 24.5 Å². The number of nitrogens with two attached hydrogens (primary N) is 1. The third kappa shape index (κ3) is 2.73. The van der Waals surface area contributed by atoms with Crippen LogP contribution in [0.5, 0.6) is 0 Å². The predicted molar refractivity (Wildman–Crippen MR) is 84.6 cm³/mol. The Morgan fingerprint density at radius 3 is 2.64 bits per heavy atom. The fraction of sp³-hybridized carbons (Fsp3) is 0.529. The van der Waals surface area contributed by atoms with Crippen LogP contribution in [0.2, 0.25) is 0 Å². The quantitative estimate of drug-likeness (QED) is 0.808. The topological polar surface area (TPSA) is 67.8 Å². The molecule has 2 aliphatic heterocycles. The van der Waals surface area contributed by atoms with Gasteiger partial charge in [-0.1, -0.05) is 18.2 Å². The van der Waals surface area contributed by atoms with Crippen molar-refractivity contribution < 1.29 is 14.5 Å². The van der Waals surface area contributed by atoms with E-state index < -0.39 is 0 Å². The molecule has 2 aliphatic rings. The van der Waals surface area contributed by atoms with Crippen LogP contribution in [0.15, 0.2) is 24.3 Å². The highest BCUT2D eigenvalue weighted by Crippen LogP contribution is 2.27. The summed E-state index contributed by atoms with van der Waals surface area (Å²) in [6, 6.07) is 8.07. The zero-order valence-corrected chi connectivity index (χ0v) is 13.0. The first-order valence-electron chi connectivity index (χ1n) is 8.11. The van der Waals surface area contributed by atoms with Gasteiger partial charge in [0.25, 0.3) is 5.91 Å². The fourth-order valence-corrected chi connectivity index (χ4v) is 3.68. The lowest BCUT2D eigenvalue weighted by atomic mass is 9.95. The number of anilines is 1. The second-order valence-electron chi connectivity index (χ2n) is 6.43. The van der Waals surface area contributed by atoms with Crippen molar-refractivity contribution in [1.29, 1.82) is 0 Å². The van der Waals surface area contributed by atoms with Crippen LogP contribution in [0.25, 0.3) is 0 Å². The maximum atomic E-state index is 12.8. The summed E-state index contributed by atoms with van der Waals surface area (Å²) in [5.74, 6) is -0.0254. The maximum Gasteiger partial charge on any atom is 0.284 e. The van der Waals surface area contributed by atoms with Crippen molar-refractivity contribution in [1.82, 2.24) is 0 Å². The van der Waals surface area contributed by atoms with Crippen LogP contribution in [0.3, 0.4) is 0 Å². The summed E-state index contributed by atoms with van der Waals surface area (Å²) in [7, 11) is 0. The molecule has 22 heavy (non-hydrogen) atoms. The molecule has 3 N–H and O–H groups in total. The molecular formula is C17H24N3O2+. The van der Waals surface area contributed by atoms with Crippen molar-refractivity contribution in [2.24, 2.45) is 11.7 Å². The summed E-state index contributed by atoms with van der Waals surface area (Å²) in [5.41, 5.74) is 7.69. The zero-order chi connectivity index (χ0) is 15.7. The average molecular weight is 302 g/mol. The van der Waals surface area contributed by atoms with E-state index in [-0.39, 0.29) is 23.8 Å². The van der Waals surface area contributed by atoms with Gasteiger partial charge in [-0.05, 0) is 25.0 Å². The molecule has 118 valence electrons. The Morgan fingerprint density at radius 1 is 1.27 bits per heavy atom. The Bertz CT molecular complexity index is 579. The lowest BCUT2D eigenvalue weighted by Gasteiger charge is -2.33. The van der Waals surface area contributed by atoms with Gasteiger partial charge in [0.05, 0.1) is 13.1 Å². The van der Waals surface area contributed by atoms with Crippen molar-refractivity contribution in [3.05, 3.63) is 29.8 Å². The van der Waals surface area contributed by atoms with E-state index in [1.807, 2.05) is 30.0 Å². The zero-order valence-electron chi connectivity index (χ0n) is 13.0. The minimum atomic E-state index is -0.202.